The molecule has 0 fully saturated rings. The monoisotopic (exact) mass is 306 g/mol. The molecule has 0 bridgehead atoms. The van der Waals surface area contributed by atoms with Crippen molar-refractivity contribution in [3.63, 3.8) is 0 Å². The van der Waals surface area contributed by atoms with E-state index in [1.807, 2.05) is 24.3 Å². The first-order valence-electron chi connectivity index (χ1n) is 4.90. The minimum atomic E-state index is -3.11. The molecular weight excluding hydrogens is 292 g/mol. The largest absolute Gasteiger partial charge is 0.312 e. The van der Waals surface area contributed by atoms with Crippen molar-refractivity contribution in [3.05, 3.63) is 34.3 Å². The summed E-state index contributed by atoms with van der Waals surface area (Å²) in [4.78, 5) is 0. The molecule has 0 aliphatic heterocycles. The molecule has 0 radical (unpaired) electrons. The van der Waals surface area contributed by atoms with Crippen molar-refractivity contribution in [1.82, 2.24) is 10.0 Å². The van der Waals surface area contributed by atoms with Gasteiger partial charge in [0.05, 0.1) is 5.75 Å². The van der Waals surface area contributed by atoms with Crippen molar-refractivity contribution < 1.29 is 8.42 Å². The highest BCUT2D eigenvalue weighted by Gasteiger charge is 2.05. The number of nitrogens with one attached hydrogen (secondary N) is 2. The van der Waals surface area contributed by atoms with Crippen molar-refractivity contribution in [3.8, 4) is 0 Å². The Kier molecular flexibility index (Phi) is 5.40. The van der Waals surface area contributed by atoms with E-state index in [4.69, 9.17) is 0 Å². The van der Waals surface area contributed by atoms with Gasteiger partial charge in [0.1, 0.15) is 0 Å². The third-order valence-corrected chi connectivity index (χ3v) is 4.27. The van der Waals surface area contributed by atoms with E-state index in [9.17, 15) is 8.42 Å². The van der Waals surface area contributed by atoms with Crippen LogP contribution in [0.15, 0.2) is 28.7 Å². The number of benzene rings is 1. The number of halogens is 1. The summed E-state index contributed by atoms with van der Waals surface area (Å²) < 4.78 is 25.5. The maximum Gasteiger partial charge on any atom is 0.212 e. The van der Waals surface area contributed by atoms with Gasteiger partial charge in [0, 0.05) is 17.6 Å². The van der Waals surface area contributed by atoms with Gasteiger partial charge in [-0.2, -0.15) is 0 Å². The average molecular weight is 307 g/mol. The predicted molar refractivity (Wildman–Crippen MR) is 68.7 cm³/mol. The molecule has 16 heavy (non-hydrogen) atoms. The molecule has 0 aliphatic carbocycles. The lowest BCUT2D eigenvalue weighted by atomic mass is 10.2. The number of hydrogen-bond acceptors (Lipinski definition) is 3. The van der Waals surface area contributed by atoms with Gasteiger partial charge in [0.2, 0.25) is 10.0 Å². The van der Waals surface area contributed by atoms with Crippen LogP contribution in [0, 0.1) is 0 Å². The summed E-state index contributed by atoms with van der Waals surface area (Å²) >= 11 is 3.43. The first-order chi connectivity index (χ1) is 7.55. The highest BCUT2D eigenvalue weighted by atomic mass is 79.9. The fourth-order valence-corrected chi connectivity index (χ4v) is 2.22. The lowest BCUT2D eigenvalue weighted by Gasteiger charge is -2.06. The van der Waals surface area contributed by atoms with Crippen LogP contribution in [0.1, 0.15) is 5.56 Å². The Balaban J connectivity index is 2.35. The van der Waals surface area contributed by atoms with Gasteiger partial charge in [-0.25, -0.2) is 13.1 Å². The fraction of sp³-hybridized carbons (Fsp3) is 0.400. The summed E-state index contributed by atoms with van der Waals surface area (Å²) in [6, 6.07) is 7.84. The zero-order valence-corrected chi connectivity index (χ0v) is 11.4. The molecule has 4 nitrogen and oxygen atoms in total. The SMILES string of the molecule is CNS(=O)(=O)CCNCc1ccccc1Br. The zero-order chi connectivity index (χ0) is 12.0. The summed E-state index contributed by atoms with van der Waals surface area (Å²) in [5, 5.41) is 3.08. The Labute approximate surface area is 105 Å². The first-order valence-corrected chi connectivity index (χ1v) is 7.35. The van der Waals surface area contributed by atoms with Gasteiger partial charge in [0.15, 0.2) is 0 Å². The number of rotatable bonds is 6. The van der Waals surface area contributed by atoms with Crippen LogP contribution in [0.2, 0.25) is 0 Å². The van der Waals surface area contributed by atoms with Gasteiger partial charge in [0.25, 0.3) is 0 Å². The van der Waals surface area contributed by atoms with Crippen molar-refractivity contribution in [1.29, 1.82) is 0 Å². The van der Waals surface area contributed by atoms with Crippen molar-refractivity contribution in [2.24, 2.45) is 0 Å². The molecule has 1 aromatic rings. The molecule has 0 amide bonds. The number of sulfonamides is 1. The summed E-state index contributed by atoms with van der Waals surface area (Å²) in [5.74, 6) is 0.0912. The average Bonchev–Trinajstić information content (AvgIpc) is 2.27. The smallest absolute Gasteiger partial charge is 0.212 e. The molecule has 0 saturated heterocycles. The van der Waals surface area contributed by atoms with Crippen LogP contribution in [0.25, 0.3) is 0 Å². The molecule has 0 atom stereocenters. The van der Waals surface area contributed by atoms with E-state index < -0.39 is 10.0 Å². The van der Waals surface area contributed by atoms with E-state index in [1.165, 1.54) is 7.05 Å². The minimum Gasteiger partial charge on any atom is -0.312 e. The van der Waals surface area contributed by atoms with Crippen molar-refractivity contribution in [2.45, 2.75) is 6.54 Å². The molecule has 0 aromatic heterocycles. The molecule has 1 aromatic carbocycles. The second-order valence-corrected chi connectivity index (χ2v) is 6.19. The topological polar surface area (TPSA) is 58.2 Å². The molecule has 0 saturated carbocycles. The Morgan fingerprint density at radius 3 is 2.62 bits per heavy atom. The quantitative estimate of drug-likeness (QED) is 0.774. The second-order valence-electron chi connectivity index (χ2n) is 3.29. The third-order valence-electron chi connectivity index (χ3n) is 2.13. The predicted octanol–water partition coefficient (Wildman–Crippen LogP) is 1.09. The summed E-state index contributed by atoms with van der Waals surface area (Å²) in [5.41, 5.74) is 1.12. The van der Waals surface area contributed by atoms with Crippen LogP contribution in [-0.4, -0.2) is 27.8 Å². The van der Waals surface area contributed by atoms with Crippen LogP contribution in [0.4, 0.5) is 0 Å². The highest BCUT2D eigenvalue weighted by molar-refractivity contribution is 9.10. The number of hydrogen-bond donors (Lipinski definition) is 2. The Hall–Kier alpha value is -0.430. The van der Waals surface area contributed by atoms with E-state index in [-0.39, 0.29) is 5.75 Å². The van der Waals surface area contributed by atoms with Gasteiger partial charge >= 0.3 is 0 Å². The first kappa shape index (κ1) is 13.6. The van der Waals surface area contributed by atoms with E-state index in [2.05, 4.69) is 26.0 Å². The Bertz CT molecular complexity index is 434. The maximum atomic E-state index is 11.1. The highest BCUT2D eigenvalue weighted by Crippen LogP contribution is 2.14. The van der Waals surface area contributed by atoms with E-state index in [0.29, 0.717) is 13.1 Å². The second kappa shape index (κ2) is 6.34. The Morgan fingerprint density at radius 2 is 2.00 bits per heavy atom. The van der Waals surface area contributed by atoms with Crippen molar-refractivity contribution >= 4 is 26.0 Å². The fourth-order valence-electron chi connectivity index (χ4n) is 1.17. The molecule has 2 N–H and O–H groups in total. The third kappa shape index (κ3) is 4.61. The van der Waals surface area contributed by atoms with Gasteiger partial charge in [-0.15, -0.1) is 0 Å². The van der Waals surface area contributed by atoms with E-state index in [0.717, 1.165) is 10.0 Å². The molecule has 1 rings (SSSR count). The molecule has 6 heteroatoms. The maximum absolute atomic E-state index is 11.1. The minimum absolute atomic E-state index is 0.0912. The van der Waals surface area contributed by atoms with E-state index in [1.54, 1.807) is 0 Å². The van der Waals surface area contributed by atoms with Crippen molar-refractivity contribution in [2.75, 3.05) is 19.3 Å². The standard InChI is InChI=1S/C10H15BrN2O2S/c1-12-16(14,15)7-6-13-8-9-4-2-3-5-10(9)11/h2-5,12-13H,6-8H2,1H3. The van der Waals surface area contributed by atoms with Crippen LogP contribution >= 0.6 is 15.9 Å². The van der Waals surface area contributed by atoms with Crippen LogP contribution in [-0.2, 0) is 16.6 Å². The summed E-state index contributed by atoms with van der Waals surface area (Å²) in [7, 11) is -1.69. The molecular formula is C10H15BrN2O2S. The molecule has 0 heterocycles. The molecule has 0 unspecified atom stereocenters. The van der Waals surface area contributed by atoms with Gasteiger partial charge in [-0.1, -0.05) is 34.1 Å². The Morgan fingerprint density at radius 1 is 1.31 bits per heavy atom. The lowest BCUT2D eigenvalue weighted by molar-refractivity contribution is 0.583. The molecule has 0 aliphatic rings. The van der Waals surface area contributed by atoms with Gasteiger partial charge in [-0.3, -0.25) is 0 Å². The summed E-state index contributed by atoms with van der Waals surface area (Å²) in [6.45, 7) is 1.09. The molecule has 90 valence electrons. The summed E-state index contributed by atoms with van der Waals surface area (Å²) in [6.07, 6.45) is 0. The van der Waals surface area contributed by atoms with Gasteiger partial charge < -0.3 is 5.32 Å². The lowest BCUT2D eigenvalue weighted by Crippen LogP contribution is -2.29. The molecule has 0 spiro atoms. The van der Waals surface area contributed by atoms with Crippen LogP contribution < -0.4 is 10.0 Å². The van der Waals surface area contributed by atoms with E-state index >= 15 is 0 Å². The zero-order valence-electron chi connectivity index (χ0n) is 9.03. The van der Waals surface area contributed by atoms with Crippen LogP contribution in [0.5, 0.6) is 0 Å². The normalized spacial score (nSPS) is 11.6. The van der Waals surface area contributed by atoms with Crippen LogP contribution in [0.3, 0.4) is 0 Å². The van der Waals surface area contributed by atoms with Gasteiger partial charge in [-0.05, 0) is 18.7 Å².